The highest BCUT2D eigenvalue weighted by atomic mass is 32.2. The Balaban J connectivity index is 2.31. The molecule has 0 bridgehead atoms. The molecule has 2 rings (SSSR count). The molecule has 0 saturated carbocycles. The van der Waals surface area contributed by atoms with Gasteiger partial charge in [-0.2, -0.15) is 0 Å². The van der Waals surface area contributed by atoms with Gasteiger partial charge in [-0.05, 0) is 36.4 Å². The maximum atomic E-state index is 12.5. The molecule has 22 heavy (non-hydrogen) atoms. The van der Waals surface area contributed by atoms with Crippen molar-refractivity contribution in [3.8, 4) is 0 Å². The van der Waals surface area contributed by atoms with Gasteiger partial charge in [-0.15, -0.1) is 11.3 Å². The van der Waals surface area contributed by atoms with Crippen molar-refractivity contribution < 1.29 is 17.9 Å². The van der Waals surface area contributed by atoms with Crippen LogP contribution in [-0.2, 0) is 14.8 Å². The van der Waals surface area contributed by atoms with Crippen molar-refractivity contribution in [3.63, 3.8) is 0 Å². The van der Waals surface area contributed by atoms with Crippen LogP contribution in [0.2, 0.25) is 0 Å². The Labute approximate surface area is 134 Å². The molecule has 0 aliphatic carbocycles. The van der Waals surface area contributed by atoms with Crippen molar-refractivity contribution in [1.82, 2.24) is 4.72 Å². The van der Waals surface area contributed by atoms with Gasteiger partial charge in [-0.1, -0.05) is 24.3 Å². The molecule has 2 aromatic rings. The van der Waals surface area contributed by atoms with Gasteiger partial charge in [0.25, 0.3) is 0 Å². The van der Waals surface area contributed by atoms with E-state index in [0.29, 0.717) is 0 Å². The highest BCUT2D eigenvalue weighted by Crippen LogP contribution is 2.25. The monoisotopic (exact) mass is 339 g/mol. The first kappa shape index (κ1) is 16.7. The molecule has 7 heteroatoms. The van der Waals surface area contributed by atoms with Gasteiger partial charge >= 0.3 is 5.97 Å². The minimum Gasteiger partial charge on any atom is -0.465 e. The number of thiophene rings is 1. The number of carbonyl (C=O) groups is 1. The van der Waals surface area contributed by atoms with Crippen LogP contribution >= 0.6 is 11.3 Å². The standard InChI is InChI=1S/C15H17NO4S2/c1-10-6-4-5-7-12(10)11(2)16-22(18,19)13-8-9-21-14(13)15(17)20-3/h4-9,11,16H,1-3H3. The number of nitrogens with one attached hydrogen (secondary N) is 1. The second-order valence-electron chi connectivity index (χ2n) is 4.81. The van der Waals surface area contributed by atoms with Gasteiger partial charge in [0.2, 0.25) is 10.0 Å². The van der Waals surface area contributed by atoms with Crippen LogP contribution in [0.15, 0.2) is 40.6 Å². The number of hydrogen-bond donors (Lipinski definition) is 1. The number of ether oxygens (including phenoxy) is 1. The molecule has 0 saturated heterocycles. The average molecular weight is 339 g/mol. The van der Waals surface area contributed by atoms with Gasteiger partial charge in [0, 0.05) is 6.04 Å². The van der Waals surface area contributed by atoms with E-state index in [1.165, 1.54) is 13.2 Å². The summed E-state index contributed by atoms with van der Waals surface area (Å²) < 4.78 is 32.3. The lowest BCUT2D eigenvalue weighted by Gasteiger charge is -2.16. The summed E-state index contributed by atoms with van der Waals surface area (Å²) in [5.41, 5.74) is 1.89. The fourth-order valence-electron chi connectivity index (χ4n) is 2.18. The van der Waals surface area contributed by atoms with Crippen LogP contribution in [0.4, 0.5) is 0 Å². The fourth-order valence-corrected chi connectivity index (χ4v) is 4.74. The SMILES string of the molecule is COC(=O)c1sccc1S(=O)(=O)NC(C)c1ccccc1C. The third-order valence-corrected chi connectivity index (χ3v) is 5.88. The molecule has 118 valence electrons. The largest absolute Gasteiger partial charge is 0.465 e. The molecule has 5 nitrogen and oxygen atoms in total. The number of esters is 1. The predicted molar refractivity (Wildman–Crippen MR) is 85.6 cm³/mol. The highest BCUT2D eigenvalue weighted by Gasteiger charge is 2.26. The second-order valence-corrected chi connectivity index (χ2v) is 7.40. The molecule has 0 fully saturated rings. The van der Waals surface area contributed by atoms with E-state index in [1.807, 2.05) is 31.2 Å². The zero-order valence-electron chi connectivity index (χ0n) is 12.5. The molecule has 1 atom stereocenters. The van der Waals surface area contributed by atoms with E-state index in [9.17, 15) is 13.2 Å². The Kier molecular flexibility index (Phi) is 5.00. The van der Waals surface area contributed by atoms with Gasteiger partial charge in [0.05, 0.1) is 7.11 Å². The van der Waals surface area contributed by atoms with Crippen molar-refractivity contribution in [2.24, 2.45) is 0 Å². The Hall–Kier alpha value is -1.70. The molecule has 1 aromatic heterocycles. The number of sulfonamides is 1. The number of carbonyl (C=O) groups excluding carboxylic acids is 1. The Bertz CT molecular complexity index is 780. The van der Waals surface area contributed by atoms with Crippen molar-refractivity contribution in [2.45, 2.75) is 24.8 Å². The van der Waals surface area contributed by atoms with Crippen LogP contribution in [0, 0.1) is 6.92 Å². The summed E-state index contributed by atoms with van der Waals surface area (Å²) >= 11 is 1.04. The van der Waals surface area contributed by atoms with Crippen LogP contribution in [-0.4, -0.2) is 21.5 Å². The van der Waals surface area contributed by atoms with Crippen molar-refractivity contribution >= 4 is 27.3 Å². The average Bonchev–Trinajstić information content (AvgIpc) is 2.96. The summed E-state index contributed by atoms with van der Waals surface area (Å²) in [4.78, 5) is 11.7. The topological polar surface area (TPSA) is 72.5 Å². The quantitative estimate of drug-likeness (QED) is 0.850. The van der Waals surface area contributed by atoms with Gasteiger partial charge in [-0.25, -0.2) is 17.9 Å². The van der Waals surface area contributed by atoms with E-state index in [2.05, 4.69) is 9.46 Å². The van der Waals surface area contributed by atoms with Crippen molar-refractivity contribution in [3.05, 3.63) is 51.7 Å². The number of hydrogen-bond acceptors (Lipinski definition) is 5. The highest BCUT2D eigenvalue weighted by molar-refractivity contribution is 7.89. The third-order valence-electron chi connectivity index (χ3n) is 3.28. The predicted octanol–water partition coefficient (Wildman–Crippen LogP) is 2.88. The minimum absolute atomic E-state index is 0.0511. The van der Waals surface area contributed by atoms with Crippen LogP contribution in [0.5, 0.6) is 0 Å². The zero-order valence-corrected chi connectivity index (χ0v) is 14.1. The molecule has 1 unspecified atom stereocenters. The maximum absolute atomic E-state index is 12.5. The van der Waals surface area contributed by atoms with E-state index in [4.69, 9.17) is 0 Å². The van der Waals surface area contributed by atoms with Gasteiger partial charge in [0.1, 0.15) is 9.77 Å². The molecule has 0 aliphatic rings. The summed E-state index contributed by atoms with van der Waals surface area (Å²) in [5.74, 6) is -0.654. The first-order valence-corrected chi connectivity index (χ1v) is 8.96. The number of benzene rings is 1. The smallest absolute Gasteiger partial charge is 0.349 e. The first-order chi connectivity index (χ1) is 10.4. The third kappa shape index (κ3) is 3.37. The van der Waals surface area contributed by atoms with E-state index in [1.54, 1.807) is 12.3 Å². The van der Waals surface area contributed by atoms with Crippen LogP contribution < -0.4 is 4.72 Å². The molecule has 1 heterocycles. The Morgan fingerprint density at radius 3 is 2.59 bits per heavy atom. The molecule has 1 aromatic carbocycles. The number of methoxy groups -OCH3 is 1. The number of aryl methyl sites for hydroxylation is 1. The molecule has 0 amide bonds. The molecule has 1 N–H and O–H groups in total. The van der Waals surface area contributed by atoms with Gasteiger partial charge in [0.15, 0.2) is 0 Å². The molecule has 0 radical (unpaired) electrons. The van der Waals surface area contributed by atoms with E-state index in [0.717, 1.165) is 22.5 Å². The minimum atomic E-state index is -3.81. The van der Waals surface area contributed by atoms with Crippen molar-refractivity contribution in [2.75, 3.05) is 7.11 Å². The number of rotatable bonds is 5. The lowest BCUT2D eigenvalue weighted by molar-refractivity contribution is 0.0602. The maximum Gasteiger partial charge on any atom is 0.349 e. The summed E-state index contributed by atoms with van der Waals surface area (Å²) in [6.07, 6.45) is 0. The van der Waals surface area contributed by atoms with E-state index >= 15 is 0 Å². The van der Waals surface area contributed by atoms with E-state index in [-0.39, 0.29) is 9.77 Å². The Morgan fingerprint density at radius 1 is 1.27 bits per heavy atom. The second kappa shape index (κ2) is 6.60. The normalized spacial score (nSPS) is 12.9. The van der Waals surface area contributed by atoms with E-state index < -0.39 is 22.0 Å². The summed E-state index contributed by atoms with van der Waals surface area (Å²) in [6, 6.07) is 8.55. The van der Waals surface area contributed by atoms with Gasteiger partial charge in [-0.3, -0.25) is 0 Å². The first-order valence-electron chi connectivity index (χ1n) is 6.60. The van der Waals surface area contributed by atoms with Crippen LogP contribution in [0.1, 0.15) is 33.8 Å². The summed E-state index contributed by atoms with van der Waals surface area (Å²) in [7, 11) is -2.58. The molecule has 0 spiro atoms. The van der Waals surface area contributed by atoms with Gasteiger partial charge < -0.3 is 4.74 Å². The molecule has 0 aliphatic heterocycles. The van der Waals surface area contributed by atoms with Crippen molar-refractivity contribution in [1.29, 1.82) is 0 Å². The Morgan fingerprint density at radius 2 is 1.95 bits per heavy atom. The van der Waals surface area contributed by atoms with Crippen LogP contribution in [0.25, 0.3) is 0 Å². The fraction of sp³-hybridized carbons (Fsp3) is 0.267. The lowest BCUT2D eigenvalue weighted by atomic mass is 10.0. The van der Waals surface area contributed by atoms with Crippen LogP contribution in [0.3, 0.4) is 0 Å². The summed E-state index contributed by atoms with van der Waals surface area (Å²) in [5, 5.41) is 1.55. The lowest BCUT2D eigenvalue weighted by Crippen LogP contribution is -2.28. The molecular weight excluding hydrogens is 322 g/mol. The summed E-state index contributed by atoms with van der Waals surface area (Å²) in [6.45, 7) is 3.69. The zero-order chi connectivity index (χ0) is 16.3. The molecular formula is C15H17NO4S2.